The molecule has 2 N–H and O–H groups in total. The second kappa shape index (κ2) is 6.25. The summed E-state index contributed by atoms with van der Waals surface area (Å²) >= 11 is 0. The van der Waals surface area contributed by atoms with Gasteiger partial charge >= 0.3 is 12.3 Å². The van der Waals surface area contributed by atoms with Gasteiger partial charge in [0.05, 0.1) is 6.61 Å². The Morgan fingerprint density at radius 1 is 1.33 bits per heavy atom. The summed E-state index contributed by atoms with van der Waals surface area (Å²) in [5.41, 5.74) is 0.653. The van der Waals surface area contributed by atoms with Crippen molar-refractivity contribution < 1.29 is 27.8 Å². The number of carbonyl (C=O) groups is 1. The molecule has 0 unspecified atom stereocenters. The van der Waals surface area contributed by atoms with Crippen molar-refractivity contribution in [1.82, 2.24) is 5.32 Å². The smallest absolute Gasteiger partial charge is 0.410 e. The van der Waals surface area contributed by atoms with E-state index < -0.39 is 24.9 Å². The number of carbonyl (C=O) groups excluding carboxylic acids is 1. The van der Waals surface area contributed by atoms with Gasteiger partial charge in [-0.05, 0) is 5.56 Å². The molecule has 1 amide bonds. The minimum absolute atomic E-state index is 0.136. The first-order valence-corrected chi connectivity index (χ1v) is 5.08. The quantitative estimate of drug-likeness (QED) is 0.871. The molecule has 100 valence electrons. The van der Waals surface area contributed by atoms with Gasteiger partial charge < -0.3 is 15.2 Å². The van der Waals surface area contributed by atoms with Gasteiger partial charge in [-0.1, -0.05) is 30.3 Å². The molecule has 0 bridgehead atoms. The highest BCUT2D eigenvalue weighted by Crippen LogP contribution is 2.19. The lowest BCUT2D eigenvalue weighted by Crippen LogP contribution is -2.47. The fraction of sp³-hybridized carbons (Fsp3) is 0.364. The van der Waals surface area contributed by atoms with E-state index in [1.165, 1.54) is 0 Å². The molecule has 7 heteroatoms. The third-order valence-electron chi connectivity index (χ3n) is 2.08. The van der Waals surface area contributed by atoms with Crippen LogP contribution < -0.4 is 5.32 Å². The van der Waals surface area contributed by atoms with E-state index in [4.69, 9.17) is 5.11 Å². The zero-order chi connectivity index (χ0) is 13.6. The second-order valence-electron chi connectivity index (χ2n) is 3.48. The first-order valence-electron chi connectivity index (χ1n) is 5.08. The van der Waals surface area contributed by atoms with Gasteiger partial charge in [0.15, 0.2) is 6.04 Å². The molecule has 0 fully saturated rings. The predicted octanol–water partition coefficient (Wildman–Crippen LogP) is 1.84. The number of hydrogen-bond donors (Lipinski definition) is 2. The number of alkyl carbamates (subject to hydrolysis) is 1. The van der Waals surface area contributed by atoms with Crippen LogP contribution in [0.3, 0.4) is 0 Å². The van der Waals surface area contributed by atoms with Crippen LogP contribution in [0.5, 0.6) is 0 Å². The molecular formula is C11H12F3NO3. The van der Waals surface area contributed by atoms with E-state index in [1.807, 2.05) is 0 Å². The molecule has 18 heavy (non-hydrogen) atoms. The normalized spacial score (nSPS) is 12.9. The number of ether oxygens (including phenoxy) is 1. The Kier molecular flexibility index (Phi) is 4.96. The number of halogens is 3. The standard InChI is InChI=1S/C11H12F3NO3/c12-11(13,14)9(6-16)15-10(17)18-7-8-4-2-1-3-5-8/h1-5,9,16H,6-7H2,(H,15,17)/t9-/m0/s1. The van der Waals surface area contributed by atoms with Crippen molar-refractivity contribution in [3.05, 3.63) is 35.9 Å². The van der Waals surface area contributed by atoms with E-state index in [0.29, 0.717) is 5.56 Å². The molecule has 1 aromatic rings. The van der Waals surface area contributed by atoms with E-state index in [-0.39, 0.29) is 6.61 Å². The molecule has 1 aromatic carbocycles. The number of aliphatic hydroxyl groups is 1. The van der Waals surface area contributed by atoms with Crippen molar-refractivity contribution in [2.45, 2.75) is 18.8 Å². The molecule has 1 rings (SSSR count). The Bertz CT molecular complexity index is 381. The van der Waals surface area contributed by atoms with Crippen molar-refractivity contribution >= 4 is 6.09 Å². The van der Waals surface area contributed by atoms with Crippen LogP contribution >= 0.6 is 0 Å². The topological polar surface area (TPSA) is 58.6 Å². The molecule has 0 saturated heterocycles. The third kappa shape index (κ3) is 4.62. The fourth-order valence-electron chi connectivity index (χ4n) is 1.14. The lowest BCUT2D eigenvalue weighted by atomic mass is 10.2. The van der Waals surface area contributed by atoms with Gasteiger partial charge in [0.2, 0.25) is 0 Å². The summed E-state index contributed by atoms with van der Waals surface area (Å²) in [5.74, 6) is 0. The Morgan fingerprint density at radius 2 is 1.94 bits per heavy atom. The van der Waals surface area contributed by atoms with Gasteiger partial charge in [-0.3, -0.25) is 0 Å². The third-order valence-corrected chi connectivity index (χ3v) is 2.08. The van der Waals surface area contributed by atoms with Crippen LogP contribution in [0.1, 0.15) is 5.56 Å². The summed E-state index contributed by atoms with van der Waals surface area (Å²) in [6.07, 6.45) is -5.93. The fourth-order valence-corrected chi connectivity index (χ4v) is 1.14. The highest BCUT2D eigenvalue weighted by atomic mass is 19.4. The number of aliphatic hydroxyl groups excluding tert-OH is 1. The van der Waals surface area contributed by atoms with Crippen LogP contribution in [0.25, 0.3) is 0 Å². The number of alkyl halides is 3. The molecule has 0 aromatic heterocycles. The van der Waals surface area contributed by atoms with Gasteiger partial charge in [-0.2, -0.15) is 13.2 Å². The average Bonchev–Trinajstić information content (AvgIpc) is 2.33. The Hall–Kier alpha value is -1.76. The molecule has 1 atom stereocenters. The van der Waals surface area contributed by atoms with Gasteiger partial charge in [-0.25, -0.2) is 4.79 Å². The molecule has 0 spiro atoms. The zero-order valence-corrected chi connectivity index (χ0v) is 9.28. The number of rotatable bonds is 4. The van der Waals surface area contributed by atoms with Crippen LogP contribution in [-0.2, 0) is 11.3 Å². The Balaban J connectivity index is 2.42. The summed E-state index contributed by atoms with van der Waals surface area (Å²) in [4.78, 5) is 11.1. The number of amides is 1. The summed E-state index contributed by atoms with van der Waals surface area (Å²) in [7, 11) is 0. The minimum Gasteiger partial charge on any atom is -0.445 e. The van der Waals surface area contributed by atoms with E-state index >= 15 is 0 Å². The Morgan fingerprint density at radius 3 is 2.44 bits per heavy atom. The molecule has 0 aliphatic rings. The molecule has 0 aliphatic heterocycles. The van der Waals surface area contributed by atoms with Crippen molar-refractivity contribution in [2.75, 3.05) is 6.61 Å². The van der Waals surface area contributed by atoms with Crippen LogP contribution in [0.15, 0.2) is 30.3 Å². The van der Waals surface area contributed by atoms with Crippen molar-refractivity contribution in [1.29, 1.82) is 0 Å². The van der Waals surface area contributed by atoms with Gasteiger partial charge in [0.25, 0.3) is 0 Å². The summed E-state index contributed by atoms with van der Waals surface area (Å²) in [6, 6.07) is 6.20. The summed E-state index contributed by atoms with van der Waals surface area (Å²) < 4.78 is 41.2. The van der Waals surface area contributed by atoms with E-state index in [9.17, 15) is 18.0 Å². The minimum atomic E-state index is -4.71. The van der Waals surface area contributed by atoms with Crippen LogP contribution in [0.4, 0.5) is 18.0 Å². The number of benzene rings is 1. The lowest BCUT2D eigenvalue weighted by molar-refractivity contribution is -0.162. The van der Waals surface area contributed by atoms with Crippen LogP contribution in [0.2, 0.25) is 0 Å². The summed E-state index contributed by atoms with van der Waals surface area (Å²) in [6.45, 7) is -1.37. The first-order chi connectivity index (χ1) is 8.43. The maximum Gasteiger partial charge on any atom is 0.410 e. The predicted molar refractivity (Wildman–Crippen MR) is 56.7 cm³/mol. The molecular weight excluding hydrogens is 251 g/mol. The average molecular weight is 263 g/mol. The van der Waals surface area contributed by atoms with E-state index in [2.05, 4.69) is 4.74 Å². The van der Waals surface area contributed by atoms with Crippen molar-refractivity contribution in [3.8, 4) is 0 Å². The second-order valence-corrected chi connectivity index (χ2v) is 3.48. The van der Waals surface area contributed by atoms with Gasteiger partial charge in [-0.15, -0.1) is 0 Å². The highest BCUT2D eigenvalue weighted by molar-refractivity contribution is 5.67. The van der Waals surface area contributed by atoms with Crippen LogP contribution in [-0.4, -0.2) is 30.0 Å². The van der Waals surface area contributed by atoms with Gasteiger partial charge in [0, 0.05) is 0 Å². The molecule has 4 nitrogen and oxygen atoms in total. The molecule has 0 radical (unpaired) electrons. The first kappa shape index (κ1) is 14.3. The SMILES string of the molecule is O=C(N[C@@H](CO)C(F)(F)F)OCc1ccccc1. The van der Waals surface area contributed by atoms with E-state index in [0.717, 1.165) is 0 Å². The van der Waals surface area contributed by atoms with Gasteiger partial charge in [0.1, 0.15) is 6.61 Å². The Labute approximate surface area is 101 Å². The van der Waals surface area contributed by atoms with Crippen molar-refractivity contribution in [2.24, 2.45) is 0 Å². The molecule has 0 saturated carbocycles. The molecule has 0 heterocycles. The number of hydrogen-bond acceptors (Lipinski definition) is 3. The zero-order valence-electron chi connectivity index (χ0n) is 9.28. The van der Waals surface area contributed by atoms with Crippen LogP contribution in [0, 0.1) is 0 Å². The maximum atomic E-state index is 12.2. The maximum absolute atomic E-state index is 12.2. The molecule has 0 aliphatic carbocycles. The van der Waals surface area contributed by atoms with Crippen molar-refractivity contribution in [3.63, 3.8) is 0 Å². The largest absolute Gasteiger partial charge is 0.445 e. The number of nitrogens with one attached hydrogen (secondary N) is 1. The monoisotopic (exact) mass is 263 g/mol. The van der Waals surface area contributed by atoms with E-state index in [1.54, 1.807) is 35.6 Å². The summed E-state index contributed by atoms with van der Waals surface area (Å²) in [5, 5.41) is 10.0. The lowest BCUT2D eigenvalue weighted by Gasteiger charge is -2.18. The highest BCUT2D eigenvalue weighted by Gasteiger charge is 2.40.